The van der Waals surface area contributed by atoms with E-state index >= 15 is 0 Å². The first kappa shape index (κ1) is 18.1. The molecule has 2 aromatic carbocycles. The van der Waals surface area contributed by atoms with Gasteiger partial charge in [-0.15, -0.1) is 0 Å². The van der Waals surface area contributed by atoms with Gasteiger partial charge in [0.05, 0.1) is 6.08 Å². The summed E-state index contributed by atoms with van der Waals surface area (Å²) in [5, 5.41) is 9.39. The number of carbonyl (C=O) groups excluding carboxylic acids is 2. The lowest BCUT2D eigenvalue weighted by Crippen LogP contribution is -2.29. The van der Waals surface area contributed by atoms with Gasteiger partial charge in [-0.3, -0.25) is 9.59 Å². The molecule has 0 atom stereocenters. The summed E-state index contributed by atoms with van der Waals surface area (Å²) < 4.78 is 26.0. The Morgan fingerprint density at radius 1 is 0.920 bits per heavy atom. The Labute approximate surface area is 143 Å². The monoisotopic (exact) mass is 346 g/mol. The molecule has 0 saturated carbocycles. The number of hydrogen-bond donors (Lipinski definition) is 2. The minimum Gasteiger partial charge on any atom is -0.503 e. The summed E-state index contributed by atoms with van der Waals surface area (Å²) in [6, 6.07) is 11.1. The number of aliphatic hydroxyl groups excluding tert-OH is 1. The number of rotatable bonds is 6. The molecule has 5 nitrogen and oxygen atoms in total. The van der Waals surface area contributed by atoms with E-state index in [-0.39, 0.29) is 13.1 Å². The normalized spacial score (nSPS) is 11.2. The second-order valence-electron chi connectivity index (χ2n) is 5.34. The summed E-state index contributed by atoms with van der Waals surface area (Å²) in [6.07, 6.45) is 0.718. The zero-order chi connectivity index (χ0) is 18.4. The van der Waals surface area contributed by atoms with E-state index in [0.717, 1.165) is 6.08 Å². The van der Waals surface area contributed by atoms with E-state index < -0.39 is 29.2 Å². The molecule has 0 radical (unpaired) electrons. The van der Waals surface area contributed by atoms with E-state index in [0.29, 0.717) is 11.1 Å². The molecule has 2 aromatic rings. The van der Waals surface area contributed by atoms with Crippen molar-refractivity contribution in [2.45, 2.75) is 13.1 Å². The van der Waals surface area contributed by atoms with Gasteiger partial charge in [0.2, 0.25) is 0 Å². The van der Waals surface area contributed by atoms with E-state index in [1.54, 1.807) is 0 Å². The number of carbonyl (C=O) groups is 2. The number of halogens is 2. The molecular weight excluding hydrogens is 330 g/mol. The Balaban J connectivity index is 2.24. The minimum absolute atomic E-state index is 0.0963. The van der Waals surface area contributed by atoms with Gasteiger partial charge in [-0.25, -0.2) is 8.78 Å². The molecule has 0 aliphatic rings. The van der Waals surface area contributed by atoms with E-state index in [2.05, 4.69) is 0 Å². The van der Waals surface area contributed by atoms with Crippen LogP contribution in [0, 0.1) is 11.6 Å². The van der Waals surface area contributed by atoms with Gasteiger partial charge in [0.15, 0.2) is 5.76 Å². The molecule has 3 N–H and O–H groups in total. The fraction of sp³-hybridized carbons (Fsp3) is 0.111. The highest BCUT2D eigenvalue weighted by Gasteiger charge is 2.15. The molecule has 7 heteroatoms. The summed E-state index contributed by atoms with van der Waals surface area (Å²) in [6.45, 7) is 0.193. The van der Waals surface area contributed by atoms with Crippen LogP contribution in [0.15, 0.2) is 60.4 Å². The summed E-state index contributed by atoms with van der Waals surface area (Å²) in [7, 11) is 0. The molecule has 0 fully saturated rings. The number of amides is 2. The van der Waals surface area contributed by atoms with Gasteiger partial charge in [-0.1, -0.05) is 24.3 Å². The molecule has 0 saturated heterocycles. The molecule has 0 aromatic heterocycles. The standard InChI is InChI=1S/C18H16F2N2O3/c19-14-5-1-12(2-6-14)10-22(17(24)9-16(23)18(21)25)11-13-3-7-15(20)8-4-13/h1-9,23H,10-11H2,(H2,21,25). The number of nitrogens with zero attached hydrogens (tertiary/aromatic N) is 1. The maximum Gasteiger partial charge on any atom is 0.283 e. The SMILES string of the molecule is NC(=O)C(O)=CC(=O)N(Cc1ccc(F)cc1)Cc1ccc(F)cc1. The molecule has 2 rings (SSSR count). The Morgan fingerprint density at radius 3 is 1.68 bits per heavy atom. The van der Waals surface area contributed by atoms with E-state index in [9.17, 15) is 23.5 Å². The van der Waals surface area contributed by atoms with Gasteiger partial charge >= 0.3 is 0 Å². The maximum absolute atomic E-state index is 13.0. The van der Waals surface area contributed by atoms with Crippen molar-refractivity contribution in [3.05, 3.63) is 83.1 Å². The summed E-state index contributed by atoms with van der Waals surface area (Å²) in [5.74, 6) is -3.48. The lowest BCUT2D eigenvalue weighted by Gasteiger charge is -2.22. The third-order valence-electron chi connectivity index (χ3n) is 3.40. The van der Waals surface area contributed by atoms with Crippen LogP contribution in [0.3, 0.4) is 0 Å². The predicted octanol–water partition coefficient (Wildman–Crippen LogP) is 2.42. The molecule has 0 aliphatic heterocycles. The molecular formula is C18H16F2N2O3. The van der Waals surface area contributed by atoms with Crippen LogP contribution >= 0.6 is 0 Å². The molecule has 0 aliphatic carbocycles. The van der Waals surface area contributed by atoms with Gasteiger partial charge in [-0.05, 0) is 35.4 Å². The quantitative estimate of drug-likeness (QED) is 0.622. The van der Waals surface area contributed by atoms with E-state index in [1.807, 2.05) is 0 Å². The molecule has 2 amide bonds. The topological polar surface area (TPSA) is 83.6 Å². The lowest BCUT2D eigenvalue weighted by molar-refractivity contribution is -0.128. The Kier molecular flexibility index (Phi) is 5.84. The van der Waals surface area contributed by atoms with Crippen LogP contribution in [0.1, 0.15) is 11.1 Å². The van der Waals surface area contributed by atoms with Crippen LogP contribution in [0.5, 0.6) is 0 Å². The van der Waals surface area contributed by atoms with E-state index in [4.69, 9.17) is 5.73 Å². The van der Waals surface area contributed by atoms with Crippen LogP contribution in [0.2, 0.25) is 0 Å². The fourth-order valence-corrected chi connectivity index (χ4v) is 2.11. The van der Waals surface area contributed by atoms with Crippen molar-refractivity contribution in [1.29, 1.82) is 0 Å². The third kappa shape index (κ3) is 5.42. The summed E-state index contributed by atoms with van der Waals surface area (Å²) >= 11 is 0. The number of hydrogen-bond acceptors (Lipinski definition) is 3. The van der Waals surface area contributed by atoms with Crippen molar-refractivity contribution < 1.29 is 23.5 Å². The summed E-state index contributed by atoms with van der Waals surface area (Å²) in [5.41, 5.74) is 6.20. The van der Waals surface area contributed by atoms with Crippen LogP contribution in [0.25, 0.3) is 0 Å². The first-order valence-electron chi connectivity index (χ1n) is 7.33. The first-order chi connectivity index (χ1) is 11.8. The molecule has 0 unspecified atom stereocenters. The number of benzene rings is 2. The van der Waals surface area contributed by atoms with Gasteiger partial charge in [0.1, 0.15) is 11.6 Å². The van der Waals surface area contributed by atoms with Gasteiger partial charge < -0.3 is 15.7 Å². The van der Waals surface area contributed by atoms with Crippen molar-refractivity contribution in [2.24, 2.45) is 5.73 Å². The molecule has 0 bridgehead atoms. The average Bonchev–Trinajstić information content (AvgIpc) is 2.58. The predicted molar refractivity (Wildman–Crippen MR) is 87.0 cm³/mol. The molecule has 0 spiro atoms. The Hall–Kier alpha value is -3.22. The Morgan fingerprint density at radius 2 is 1.32 bits per heavy atom. The number of nitrogens with two attached hydrogens (primary N) is 1. The van der Waals surface area contributed by atoms with Gasteiger partial charge in [0, 0.05) is 13.1 Å². The molecule has 130 valence electrons. The Bertz CT molecular complexity index is 739. The van der Waals surface area contributed by atoms with Crippen molar-refractivity contribution in [1.82, 2.24) is 4.90 Å². The van der Waals surface area contributed by atoms with Gasteiger partial charge in [-0.2, -0.15) is 0 Å². The largest absolute Gasteiger partial charge is 0.503 e. The van der Waals surface area contributed by atoms with Crippen LogP contribution in [-0.4, -0.2) is 21.8 Å². The smallest absolute Gasteiger partial charge is 0.283 e. The lowest BCUT2D eigenvalue weighted by atomic mass is 10.1. The van der Waals surface area contributed by atoms with Gasteiger partial charge in [0.25, 0.3) is 11.8 Å². The average molecular weight is 346 g/mol. The second kappa shape index (κ2) is 8.05. The maximum atomic E-state index is 13.0. The number of aliphatic hydroxyl groups is 1. The highest BCUT2D eigenvalue weighted by molar-refractivity contribution is 5.98. The second-order valence-corrected chi connectivity index (χ2v) is 5.34. The van der Waals surface area contributed by atoms with Crippen LogP contribution < -0.4 is 5.73 Å². The fourth-order valence-electron chi connectivity index (χ4n) is 2.11. The highest BCUT2D eigenvalue weighted by Crippen LogP contribution is 2.13. The molecule has 25 heavy (non-hydrogen) atoms. The first-order valence-corrected chi connectivity index (χ1v) is 7.33. The van der Waals surface area contributed by atoms with Crippen LogP contribution in [-0.2, 0) is 22.7 Å². The van der Waals surface area contributed by atoms with Crippen molar-refractivity contribution in [3.63, 3.8) is 0 Å². The zero-order valence-corrected chi connectivity index (χ0v) is 13.2. The van der Waals surface area contributed by atoms with E-state index in [1.165, 1.54) is 53.4 Å². The third-order valence-corrected chi connectivity index (χ3v) is 3.40. The highest BCUT2D eigenvalue weighted by atomic mass is 19.1. The van der Waals surface area contributed by atoms with Crippen LogP contribution in [0.4, 0.5) is 8.78 Å². The van der Waals surface area contributed by atoms with Crippen molar-refractivity contribution in [3.8, 4) is 0 Å². The number of primary amides is 1. The molecule has 0 heterocycles. The van der Waals surface area contributed by atoms with Crippen molar-refractivity contribution in [2.75, 3.05) is 0 Å². The minimum atomic E-state index is -1.13. The summed E-state index contributed by atoms with van der Waals surface area (Å²) in [4.78, 5) is 24.5. The van der Waals surface area contributed by atoms with Crippen molar-refractivity contribution >= 4 is 11.8 Å². The zero-order valence-electron chi connectivity index (χ0n) is 13.2.